The fourth-order valence-electron chi connectivity index (χ4n) is 3.46. The van der Waals surface area contributed by atoms with E-state index in [2.05, 4.69) is 45.5 Å². The lowest BCUT2D eigenvalue weighted by Gasteiger charge is -2.04. The van der Waals surface area contributed by atoms with Gasteiger partial charge in [-0.25, -0.2) is 0 Å². The summed E-state index contributed by atoms with van der Waals surface area (Å²) in [4.78, 5) is 17.6. The molecule has 0 aliphatic carbocycles. The second kappa shape index (κ2) is 6.68. The quantitative estimate of drug-likeness (QED) is 0.412. The number of benzene rings is 3. The molecule has 7 aromatic rings. The summed E-state index contributed by atoms with van der Waals surface area (Å²) in [6.07, 6.45) is 0. The van der Waals surface area contributed by atoms with Crippen molar-refractivity contribution in [3.05, 3.63) is 72.8 Å². The van der Waals surface area contributed by atoms with E-state index < -0.39 is 0 Å². The first-order valence-electron chi connectivity index (χ1n) is 10.0. The van der Waals surface area contributed by atoms with Gasteiger partial charge in [-0.05, 0) is 36.4 Å². The molecule has 0 fully saturated rings. The van der Waals surface area contributed by atoms with Gasteiger partial charge in [-0.15, -0.1) is 45.0 Å². The van der Waals surface area contributed by atoms with Gasteiger partial charge < -0.3 is 0 Å². The van der Waals surface area contributed by atoms with Crippen LogP contribution >= 0.6 is 0 Å². The predicted molar refractivity (Wildman–Crippen MR) is 117 cm³/mol. The maximum atomic E-state index is 4.53. The Balaban J connectivity index is 1.46. The molecule has 4 heterocycles. The first-order chi connectivity index (χ1) is 16.3. The van der Waals surface area contributed by atoms with Crippen molar-refractivity contribution in [1.82, 2.24) is 59.9 Å². The number of aromatic nitrogens is 12. The largest absolute Gasteiger partial charge is 0.275 e. The fraction of sp³-hybridized carbons (Fsp3) is 0. The highest BCUT2D eigenvalue weighted by Crippen LogP contribution is 2.15. The molecule has 0 bridgehead atoms. The average molecular weight is 432 g/mol. The predicted octanol–water partition coefficient (Wildman–Crippen LogP) is 2.07. The summed E-state index contributed by atoms with van der Waals surface area (Å²) in [6, 6.07) is 22.6. The fourth-order valence-corrected chi connectivity index (χ4v) is 3.46. The van der Waals surface area contributed by atoms with E-state index in [1.54, 1.807) is 0 Å². The molecule has 0 amide bonds. The summed E-state index contributed by atoms with van der Waals surface area (Å²) in [6.45, 7) is 0. The highest BCUT2D eigenvalue weighted by molar-refractivity contribution is 5.74. The Morgan fingerprint density at radius 3 is 0.758 bits per heavy atom. The third-order valence-corrected chi connectivity index (χ3v) is 5.00. The van der Waals surface area contributed by atoms with Crippen LogP contribution in [0.3, 0.4) is 0 Å². The van der Waals surface area contributed by atoms with Crippen molar-refractivity contribution in [2.45, 2.75) is 0 Å². The van der Waals surface area contributed by atoms with Crippen molar-refractivity contribution >= 4 is 33.1 Å². The van der Waals surface area contributed by atoms with Crippen molar-refractivity contribution < 1.29 is 0 Å². The molecular weight excluding hydrogens is 420 g/mol. The van der Waals surface area contributed by atoms with Crippen molar-refractivity contribution in [2.24, 2.45) is 0 Å². The van der Waals surface area contributed by atoms with Crippen molar-refractivity contribution in [3.8, 4) is 17.8 Å². The van der Waals surface area contributed by atoms with Crippen molar-refractivity contribution in [2.75, 3.05) is 0 Å². The van der Waals surface area contributed by atoms with Gasteiger partial charge in [-0.3, -0.25) is 0 Å². The maximum Gasteiger partial charge on any atom is 0.275 e. The number of hydrogen-bond acceptors (Lipinski definition) is 9. The van der Waals surface area contributed by atoms with Gasteiger partial charge in [0.25, 0.3) is 17.8 Å². The molecule has 156 valence electrons. The Morgan fingerprint density at radius 1 is 0.333 bits per heavy atom. The third-order valence-electron chi connectivity index (χ3n) is 5.00. The van der Waals surface area contributed by atoms with E-state index in [-0.39, 0.29) is 17.8 Å². The summed E-state index contributed by atoms with van der Waals surface area (Å²) in [5.74, 6) is 0.566. The minimum absolute atomic E-state index is 0.189. The lowest BCUT2D eigenvalue weighted by Crippen LogP contribution is -2.16. The van der Waals surface area contributed by atoms with Crippen LogP contribution in [0.4, 0.5) is 0 Å². The molecule has 7 rings (SSSR count). The molecule has 0 unspecified atom stereocenters. The highest BCUT2D eigenvalue weighted by atomic mass is 15.6. The minimum Gasteiger partial charge on any atom is -0.170 e. The summed E-state index contributed by atoms with van der Waals surface area (Å²) >= 11 is 0. The molecule has 3 aromatic carbocycles. The summed E-state index contributed by atoms with van der Waals surface area (Å²) in [7, 11) is 0. The first-order valence-corrected chi connectivity index (χ1v) is 10.0. The van der Waals surface area contributed by atoms with E-state index in [0.29, 0.717) is 33.1 Å². The Kier molecular flexibility index (Phi) is 3.55. The summed E-state index contributed by atoms with van der Waals surface area (Å²) in [5, 5.41) is 26.9. The van der Waals surface area contributed by atoms with Gasteiger partial charge in [0.1, 0.15) is 33.1 Å². The Bertz CT molecular complexity index is 1470. The van der Waals surface area contributed by atoms with Crippen LogP contribution in [0, 0.1) is 0 Å². The van der Waals surface area contributed by atoms with Gasteiger partial charge in [0, 0.05) is 0 Å². The normalized spacial score (nSPS) is 11.6. The van der Waals surface area contributed by atoms with Crippen LogP contribution in [0.1, 0.15) is 0 Å². The zero-order valence-corrected chi connectivity index (χ0v) is 16.8. The Morgan fingerprint density at radius 2 is 0.545 bits per heavy atom. The van der Waals surface area contributed by atoms with Crippen LogP contribution in [0.25, 0.3) is 50.9 Å². The van der Waals surface area contributed by atoms with Crippen LogP contribution in [-0.2, 0) is 0 Å². The molecular formula is C21H12N12. The van der Waals surface area contributed by atoms with E-state index in [1.807, 2.05) is 72.8 Å². The highest BCUT2D eigenvalue weighted by Gasteiger charge is 2.17. The zero-order chi connectivity index (χ0) is 21.8. The molecule has 4 aromatic heterocycles. The van der Waals surface area contributed by atoms with Gasteiger partial charge in [0.05, 0.1) is 0 Å². The van der Waals surface area contributed by atoms with E-state index in [0.717, 1.165) is 0 Å². The van der Waals surface area contributed by atoms with E-state index in [1.165, 1.54) is 14.4 Å². The maximum absolute atomic E-state index is 4.53. The van der Waals surface area contributed by atoms with Crippen LogP contribution in [0.15, 0.2) is 72.8 Å². The van der Waals surface area contributed by atoms with Crippen LogP contribution < -0.4 is 0 Å². The van der Waals surface area contributed by atoms with Crippen LogP contribution in [-0.4, -0.2) is 59.9 Å². The number of hydrogen-bond donors (Lipinski definition) is 0. The molecule has 12 nitrogen and oxygen atoms in total. The molecule has 12 heteroatoms. The molecule has 0 spiro atoms. The van der Waals surface area contributed by atoms with Crippen LogP contribution in [0.5, 0.6) is 0 Å². The van der Waals surface area contributed by atoms with Gasteiger partial charge in [0.2, 0.25) is 0 Å². The molecule has 0 aliphatic rings. The topological polar surface area (TPSA) is 131 Å². The Labute approximate surface area is 184 Å². The molecule has 33 heavy (non-hydrogen) atoms. The smallest absolute Gasteiger partial charge is 0.170 e. The van der Waals surface area contributed by atoms with E-state index in [4.69, 9.17) is 0 Å². The van der Waals surface area contributed by atoms with Gasteiger partial charge in [-0.1, -0.05) is 36.4 Å². The number of rotatable bonds is 3. The minimum atomic E-state index is 0.189. The number of fused-ring (bicyclic) bond motifs is 3. The molecule has 0 radical (unpaired) electrons. The van der Waals surface area contributed by atoms with Crippen molar-refractivity contribution in [1.29, 1.82) is 0 Å². The summed E-state index contributed by atoms with van der Waals surface area (Å²) < 4.78 is 0. The Hall–Kier alpha value is -5.13. The lowest BCUT2D eigenvalue weighted by atomic mass is 10.3. The standard InChI is InChI=1S/C21H12N12/c1-2-8-14-13(7-1)25-31(26-14)19-22-20(32-27-15-9-3-4-10-16(15)28-32)24-21(23-19)33-29-17-11-5-6-12-18(17)30-33/h1-12H. The van der Waals surface area contributed by atoms with Gasteiger partial charge in [-0.2, -0.15) is 15.0 Å². The average Bonchev–Trinajstić information content (AvgIpc) is 3.59. The molecule has 0 N–H and O–H groups in total. The van der Waals surface area contributed by atoms with E-state index >= 15 is 0 Å². The monoisotopic (exact) mass is 432 g/mol. The lowest BCUT2D eigenvalue weighted by molar-refractivity contribution is 0.630. The molecule has 0 saturated heterocycles. The molecule has 0 atom stereocenters. The number of nitrogens with zero attached hydrogens (tertiary/aromatic N) is 12. The second-order valence-corrected chi connectivity index (χ2v) is 7.17. The molecule has 0 aliphatic heterocycles. The van der Waals surface area contributed by atoms with Gasteiger partial charge in [0.15, 0.2) is 0 Å². The summed E-state index contributed by atoms with van der Waals surface area (Å²) in [5.41, 5.74) is 4.29. The third kappa shape index (κ3) is 2.89. The zero-order valence-electron chi connectivity index (χ0n) is 16.8. The first kappa shape index (κ1) is 17.5. The van der Waals surface area contributed by atoms with E-state index in [9.17, 15) is 0 Å². The molecule has 0 saturated carbocycles. The second-order valence-electron chi connectivity index (χ2n) is 7.17. The van der Waals surface area contributed by atoms with Crippen LogP contribution in [0.2, 0.25) is 0 Å². The van der Waals surface area contributed by atoms with Gasteiger partial charge >= 0.3 is 0 Å². The van der Waals surface area contributed by atoms with Crippen molar-refractivity contribution in [3.63, 3.8) is 0 Å². The SMILES string of the molecule is c1ccc2nn(-c3nc(-n4nc5ccccc5n4)nc(-n4nc5ccccc5n4)n3)nc2c1.